The number of benzene rings is 1. The summed E-state index contributed by atoms with van der Waals surface area (Å²) in [5.41, 5.74) is 3.53. The Kier molecular flexibility index (Phi) is 4.57. The van der Waals surface area contributed by atoms with Gasteiger partial charge in [-0.25, -0.2) is 5.06 Å². The number of hydrogen-bond donors (Lipinski definition) is 0. The monoisotopic (exact) mass is 289 g/mol. The lowest BCUT2D eigenvalue weighted by Crippen LogP contribution is -2.24. The Bertz CT molecular complexity index is 601. The fourth-order valence-corrected chi connectivity index (χ4v) is 3.10. The summed E-state index contributed by atoms with van der Waals surface area (Å²) in [4.78, 5) is 19.0. The molecule has 4 heteroatoms. The van der Waals surface area contributed by atoms with E-state index in [-0.39, 0.29) is 5.91 Å². The highest BCUT2D eigenvalue weighted by atomic mass is 32.1. The zero-order chi connectivity index (χ0) is 14.7. The van der Waals surface area contributed by atoms with Crippen LogP contribution in [0, 0.1) is 6.92 Å². The molecular formula is C16H19NO2S. The van der Waals surface area contributed by atoms with Gasteiger partial charge in [-0.2, -0.15) is 0 Å². The van der Waals surface area contributed by atoms with Crippen LogP contribution in [0.4, 0.5) is 0 Å². The molecule has 0 atom stereocenters. The summed E-state index contributed by atoms with van der Waals surface area (Å²) in [5, 5.41) is 1.25. The molecule has 0 aliphatic carbocycles. The Morgan fingerprint density at radius 2 is 1.95 bits per heavy atom. The molecule has 0 unspecified atom stereocenters. The second-order valence-electron chi connectivity index (χ2n) is 4.65. The summed E-state index contributed by atoms with van der Waals surface area (Å²) in [6.45, 7) is 4.18. The number of hydrogen-bond acceptors (Lipinski definition) is 3. The van der Waals surface area contributed by atoms with Crippen LogP contribution in [-0.2, 0) is 11.3 Å². The predicted octanol–water partition coefficient (Wildman–Crippen LogP) is 3.92. The summed E-state index contributed by atoms with van der Waals surface area (Å²) in [7, 11) is 3.12. The van der Waals surface area contributed by atoms with E-state index in [1.165, 1.54) is 34.0 Å². The molecule has 106 valence electrons. The molecule has 0 bridgehead atoms. The van der Waals surface area contributed by atoms with Crippen LogP contribution in [0.2, 0.25) is 0 Å². The van der Waals surface area contributed by atoms with E-state index in [9.17, 15) is 4.79 Å². The molecule has 0 aliphatic rings. The Labute approximate surface area is 123 Å². The standard InChI is InChI=1S/C16H19NO2S/c1-5-14-13(12-8-6-11(2)7-9-12)10-15(20-14)16(18)17(3)19-4/h6-10H,5H2,1-4H3. The summed E-state index contributed by atoms with van der Waals surface area (Å²) in [5.74, 6) is -0.106. The minimum atomic E-state index is -0.106. The number of rotatable bonds is 4. The van der Waals surface area contributed by atoms with Crippen LogP contribution in [0.25, 0.3) is 11.1 Å². The summed E-state index contributed by atoms with van der Waals surface area (Å²) in [6.07, 6.45) is 0.915. The van der Waals surface area contributed by atoms with E-state index >= 15 is 0 Å². The number of hydroxylamine groups is 2. The van der Waals surface area contributed by atoms with Crippen molar-refractivity contribution in [1.29, 1.82) is 0 Å². The van der Waals surface area contributed by atoms with E-state index in [4.69, 9.17) is 4.84 Å². The van der Waals surface area contributed by atoms with Crippen LogP contribution < -0.4 is 0 Å². The van der Waals surface area contributed by atoms with Crippen molar-refractivity contribution >= 4 is 17.2 Å². The lowest BCUT2D eigenvalue weighted by Gasteiger charge is -2.11. The van der Waals surface area contributed by atoms with E-state index in [1.54, 1.807) is 7.05 Å². The molecule has 0 N–H and O–H groups in total. The van der Waals surface area contributed by atoms with Gasteiger partial charge in [0.05, 0.1) is 12.0 Å². The summed E-state index contributed by atoms with van der Waals surface area (Å²) in [6, 6.07) is 10.4. The van der Waals surface area contributed by atoms with Gasteiger partial charge in [0.25, 0.3) is 5.91 Å². The van der Waals surface area contributed by atoms with E-state index in [0.717, 1.165) is 17.5 Å². The number of aryl methyl sites for hydroxylation is 2. The van der Waals surface area contributed by atoms with Crippen LogP contribution >= 0.6 is 11.3 Å². The third-order valence-electron chi connectivity index (χ3n) is 3.26. The Balaban J connectivity index is 2.41. The molecule has 0 fully saturated rings. The summed E-state index contributed by atoms with van der Waals surface area (Å²) < 4.78 is 0. The molecule has 3 nitrogen and oxygen atoms in total. The first-order valence-electron chi connectivity index (χ1n) is 6.58. The van der Waals surface area contributed by atoms with Crippen molar-refractivity contribution < 1.29 is 9.63 Å². The minimum Gasteiger partial charge on any atom is -0.274 e. The largest absolute Gasteiger partial charge is 0.287 e. The van der Waals surface area contributed by atoms with Gasteiger partial charge in [0.2, 0.25) is 0 Å². The first kappa shape index (κ1) is 14.8. The van der Waals surface area contributed by atoms with E-state index in [0.29, 0.717) is 4.88 Å². The van der Waals surface area contributed by atoms with E-state index in [2.05, 4.69) is 38.1 Å². The van der Waals surface area contributed by atoms with Gasteiger partial charge in [0.15, 0.2) is 0 Å². The SMILES string of the molecule is CCc1sc(C(=O)N(C)OC)cc1-c1ccc(C)cc1. The molecule has 1 aromatic carbocycles. The third-order valence-corrected chi connectivity index (χ3v) is 4.53. The average molecular weight is 289 g/mol. The lowest BCUT2D eigenvalue weighted by molar-refractivity contribution is -0.0753. The average Bonchev–Trinajstić information content (AvgIpc) is 2.90. The van der Waals surface area contributed by atoms with Crippen LogP contribution in [-0.4, -0.2) is 25.1 Å². The number of carbonyl (C=O) groups is 1. The highest BCUT2D eigenvalue weighted by molar-refractivity contribution is 7.14. The van der Waals surface area contributed by atoms with Crippen molar-refractivity contribution in [3.8, 4) is 11.1 Å². The number of thiophene rings is 1. The van der Waals surface area contributed by atoms with Crippen molar-refractivity contribution in [1.82, 2.24) is 5.06 Å². The van der Waals surface area contributed by atoms with Crippen LogP contribution in [0.5, 0.6) is 0 Å². The van der Waals surface area contributed by atoms with Gasteiger partial charge in [-0.3, -0.25) is 9.63 Å². The Hall–Kier alpha value is -1.65. The van der Waals surface area contributed by atoms with Gasteiger partial charge in [-0.15, -0.1) is 11.3 Å². The molecule has 2 rings (SSSR count). The summed E-state index contributed by atoms with van der Waals surface area (Å²) >= 11 is 1.54. The molecule has 1 amide bonds. The van der Waals surface area contributed by atoms with Gasteiger partial charge >= 0.3 is 0 Å². The number of amides is 1. The second-order valence-corrected chi connectivity index (χ2v) is 5.79. The smallest absolute Gasteiger partial charge is 0.274 e. The second kappa shape index (κ2) is 6.20. The molecule has 0 spiro atoms. The predicted molar refractivity (Wildman–Crippen MR) is 83.0 cm³/mol. The highest BCUT2D eigenvalue weighted by Crippen LogP contribution is 2.32. The topological polar surface area (TPSA) is 29.5 Å². The minimum absolute atomic E-state index is 0.106. The normalized spacial score (nSPS) is 10.6. The molecular weight excluding hydrogens is 270 g/mol. The van der Waals surface area contributed by atoms with Gasteiger partial charge < -0.3 is 0 Å². The zero-order valence-electron chi connectivity index (χ0n) is 12.3. The van der Waals surface area contributed by atoms with Crippen molar-refractivity contribution in [2.75, 3.05) is 14.2 Å². The quantitative estimate of drug-likeness (QED) is 0.798. The number of carbonyl (C=O) groups excluding carboxylic acids is 1. The van der Waals surface area contributed by atoms with Crippen molar-refractivity contribution in [3.05, 3.63) is 45.6 Å². The van der Waals surface area contributed by atoms with Gasteiger partial charge in [0, 0.05) is 11.9 Å². The fraction of sp³-hybridized carbons (Fsp3) is 0.312. The van der Waals surface area contributed by atoms with E-state index in [1.807, 2.05) is 6.07 Å². The van der Waals surface area contributed by atoms with E-state index < -0.39 is 0 Å². The third kappa shape index (κ3) is 2.92. The first-order valence-corrected chi connectivity index (χ1v) is 7.40. The maximum Gasteiger partial charge on any atom is 0.287 e. The van der Waals surface area contributed by atoms with Crippen LogP contribution in [0.3, 0.4) is 0 Å². The molecule has 2 aromatic rings. The molecule has 1 aromatic heterocycles. The fourth-order valence-electron chi connectivity index (χ4n) is 2.01. The zero-order valence-corrected chi connectivity index (χ0v) is 13.1. The molecule has 0 radical (unpaired) electrons. The molecule has 0 saturated heterocycles. The lowest BCUT2D eigenvalue weighted by atomic mass is 10.0. The van der Waals surface area contributed by atoms with Crippen molar-refractivity contribution in [2.24, 2.45) is 0 Å². The van der Waals surface area contributed by atoms with Crippen LogP contribution in [0.1, 0.15) is 27.0 Å². The van der Waals surface area contributed by atoms with Gasteiger partial charge in [0.1, 0.15) is 0 Å². The molecule has 20 heavy (non-hydrogen) atoms. The first-order chi connectivity index (χ1) is 9.56. The Morgan fingerprint density at radius 1 is 1.30 bits per heavy atom. The highest BCUT2D eigenvalue weighted by Gasteiger charge is 2.18. The van der Waals surface area contributed by atoms with Crippen molar-refractivity contribution in [3.63, 3.8) is 0 Å². The number of nitrogens with zero attached hydrogens (tertiary/aromatic N) is 1. The van der Waals surface area contributed by atoms with Crippen molar-refractivity contribution in [2.45, 2.75) is 20.3 Å². The molecule has 0 saturated carbocycles. The molecule has 0 aliphatic heterocycles. The van der Waals surface area contributed by atoms with Gasteiger partial charge in [-0.05, 0) is 30.5 Å². The Morgan fingerprint density at radius 3 is 2.50 bits per heavy atom. The van der Waals surface area contributed by atoms with Crippen LogP contribution in [0.15, 0.2) is 30.3 Å². The maximum atomic E-state index is 12.2. The maximum absolute atomic E-state index is 12.2. The van der Waals surface area contributed by atoms with Gasteiger partial charge in [-0.1, -0.05) is 36.8 Å². The molecule has 1 heterocycles.